The van der Waals surface area contributed by atoms with Gasteiger partial charge < -0.3 is 14.7 Å². The zero-order chi connectivity index (χ0) is 22.8. The van der Waals surface area contributed by atoms with Crippen LogP contribution in [0.1, 0.15) is 30.9 Å². The van der Waals surface area contributed by atoms with Crippen molar-refractivity contribution in [2.45, 2.75) is 26.7 Å². The first-order chi connectivity index (χ1) is 15.5. The van der Waals surface area contributed by atoms with E-state index in [1.165, 1.54) is 4.90 Å². The highest BCUT2D eigenvalue weighted by atomic mass is 35.5. The predicted molar refractivity (Wildman–Crippen MR) is 125 cm³/mol. The van der Waals surface area contributed by atoms with Crippen LogP contribution in [0.3, 0.4) is 0 Å². The van der Waals surface area contributed by atoms with Gasteiger partial charge in [0.2, 0.25) is 0 Å². The highest BCUT2D eigenvalue weighted by Gasteiger charge is 2.43. The largest absolute Gasteiger partial charge is 0.494 e. The molecule has 0 saturated carbocycles. The Kier molecular flexibility index (Phi) is 6.53. The summed E-state index contributed by atoms with van der Waals surface area (Å²) in [5, 5.41) is 10.2. The van der Waals surface area contributed by atoms with Crippen molar-refractivity contribution in [1.82, 2.24) is 4.90 Å². The van der Waals surface area contributed by atoms with Crippen LogP contribution in [0.2, 0.25) is 5.02 Å². The number of carbonyl (C=O) groups excluding carboxylic acids is 2. The van der Waals surface area contributed by atoms with E-state index in [1.807, 2.05) is 24.0 Å². The summed E-state index contributed by atoms with van der Waals surface area (Å²) in [6, 6.07) is 12.5. The van der Waals surface area contributed by atoms with Gasteiger partial charge in [0.15, 0.2) is 0 Å². The molecule has 0 aromatic heterocycles. The molecular weight excluding hydrogens is 428 g/mol. The molecule has 32 heavy (non-hydrogen) atoms. The van der Waals surface area contributed by atoms with Gasteiger partial charge in [-0.3, -0.25) is 9.59 Å². The fourth-order valence-electron chi connectivity index (χ4n) is 4.43. The van der Waals surface area contributed by atoms with E-state index in [0.717, 1.165) is 12.8 Å². The van der Waals surface area contributed by atoms with Crippen molar-refractivity contribution in [3.05, 3.63) is 64.3 Å². The molecule has 2 amide bonds. The van der Waals surface area contributed by atoms with E-state index in [4.69, 9.17) is 16.3 Å². The fourth-order valence-corrected chi connectivity index (χ4v) is 4.60. The number of carbonyl (C=O) groups is 2. The molecule has 0 spiro atoms. The van der Waals surface area contributed by atoms with E-state index >= 15 is 0 Å². The Bertz CT molecular complexity index is 1060. The Labute approximate surface area is 193 Å². The number of hydrogen-bond donors (Lipinski definition) is 1. The molecule has 0 bridgehead atoms. The lowest BCUT2D eigenvalue weighted by Crippen LogP contribution is -2.40. The first-order valence-corrected chi connectivity index (χ1v) is 11.3. The van der Waals surface area contributed by atoms with Crippen LogP contribution in [0.25, 0.3) is 5.57 Å². The molecular formula is C25H27ClN2O4. The number of amides is 2. The molecule has 1 fully saturated rings. The lowest BCUT2D eigenvalue weighted by atomic mass is 9.97. The highest BCUT2D eigenvalue weighted by molar-refractivity contribution is 6.46. The van der Waals surface area contributed by atoms with Crippen molar-refractivity contribution in [3.8, 4) is 5.75 Å². The van der Waals surface area contributed by atoms with Gasteiger partial charge in [0.1, 0.15) is 11.4 Å². The molecule has 2 aliphatic heterocycles. The van der Waals surface area contributed by atoms with Gasteiger partial charge in [-0.1, -0.05) is 29.8 Å². The topological polar surface area (TPSA) is 70.1 Å². The molecule has 0 radical (unpaired) electrons. The molecule has 7 heteroatoms. The Morgan fingerprint density at radius 2 is 1.88 bits per heavy atom. The van der Waals surface area contributed by atoms with Gasteiger partial charge in [-0.2, -0.15) is 0 Å². The molecule has 2 heterocycles. The number of nitrogens with zero attached hydrogens (tertiary/aromatic N) is 2. The summed E-state index contributed by atoms with van der Waals surface area (Å²) < 4.78 is 5.53. The number of aliphatic hydroxyl groups excluding tert-OH is 1. The average molecular weight is 455 g/mol. The van der Waals surface area contributed by atoms with Gasteiger partial charge in [-0.15, -0.1) is 0 Å². The monoisotopic (exact) mass is 454 g/mol. The van der Waals surface area contributed by atoms with Gasteiger partial charge in [-0.05, 0) is 68.0 Å². The highest BCUT2D eigenvalue weighted by Crippen LogP contribution is 2.39. The quantitative estimate of drug-likeness (QED) is 0.667. The number of ether oxygens (including phenoxy) is 1. The van der Waals surface area contributed by atoms with Crippen molar-refractivity contribution < 1.29 is 19.4 Å². The maximum atomic E-state index is 13.7. The predicted octanol–water partition coefficient (Wildman–Crippen LogP) is 4.04. The van der Waals surface area contributed by atoms with Crippen LogP contribution in [-0.4, -0.2) is 48.1 Å². The van der Waals surface area contributed by atoms with Crippen LogP contribution >= 0.6 is 11.6 Å². The third-order valence-corrected chi connectivity index (χ3v) is 6.50. The lowest BCUT2D eigenvalue weighted by Gasteiger charge is -2.34. The second-order valence-corrected chi connectivity index (χ2v) is 8.55. The number of rotatable bonds is 6. The first-order valence-electron chi connectivity index (χ1n) is 10.9. The third kappa shape index (κ3) is 4.00. The van der Waals surface area contributed by atoms with E-state index in [-0.39, 0.29) is 24.3 Å². The summed E-state index contributed by atoms with van der Waals surface area (Å²) in [6.07, 6.45) is 1.75. The number of anilines is 1. The number of benzene rings is 2. The van der Waals surface area contributed by atoms with Crippen LogP contribution < -0.4 is 9.64 Å². The number of hydrogen-bond acceptors (Lipinski definition) is 5. The number of imide groups is 1. The van der Waals surface area contributed by atoms with Crippen LogP contribution in [-0.2, 0) is 9.59 Å². The molecule has 4 rings (SSSR count). The Balaban J connectivity index is 1.81. The van der Waals surface area contributed by atoms with Crippen LogP contribution in [0.15, 0.2) is 48.2 Å². The van der Waals surface area contributed by atoms with Crippen molar-refractivity contribution >= 4 is 34.7 Å². The molecule has 1 N–H and O–H groups in total. The molecule has 2 aliphatic rings. The summed E-state index contributed by atoms with van der Waals surface area (Å²) in [4.78, 5) is 30.6. The number of halogens is 1. The van der Waals surface area contributed by atoms with E-state index in [2.05, 4.69) is 0 Å². The van der Waals surface area contributed by atoms with E-state index in [0.29, 0.717) is 58.6 Å². The Morgan fingerprint density at radius 1 is 1.12 bits per heavy atom. The number of likely N-dealkylation sites (tertiary alicyclic amines) is 1. The van der Waals surface area contributed by atoms with Gasteiger partial charge in [0, 0.05) is 24.7 Å². The second-order valence-electron chi connectivity index (χ2n) is 8.15. The molecule has 1 unspecified atom stereocenters. The van der Waals surface area contributed by atoms with Crippen LogP contribution in [0.5, 0.6) is 5.75 Å². The maximum Gasteiger partial charge on any atom is 0.282 e. The summed E-state index contributed by atoms with van der Waals surface area (Å²) in [6.45, 7) is 5.51. The third-order valence-electron chi connectivity index (χ3n) is 6.09. The zero-order valence-corrected chi connectivity index (χ0v) is 19.1. The minimum Gasteiger partial charge on any atom is -0.494 e. The first kappa shape index (κ1) is 22.4. The van der Waals surface area contributed by atoms with E-state index < -0.39 is 0 Å². The molecule has 168 valence electrons. The minimum absolute atomic E-state index is 0.0570. The SMILES string of the molecule is CCOc1ccc(C2=C(N3CCCC(CO)C3)C(=O)N(c3cccc(Cl)c3C)C2=O)cc1. The fraction of sp³-hybridized carbons (Fsp3) is 0.360. The summed E-state index contributed by atoms with van der Waals surface area (Å²) in [5.41, 5.74) is 2.58. The van der Waals surface area contributed by atoms with Gasteiger partial charge in [0.25, 0.3) is 11.8 Å². The average Bonchev–Trinajstić information content (AvgIpc) is 3.06. The Hall–Kier alpha value is -2.83. The minimum atomic E-state index is -0.370. The standard InChI is InChI=1S/C25H27ClN2O4/c1-3-32-19-11-9-18(10-12-19)22-23(27-13-5-6-17(14-27)15-29)25(31)28(24(22)30)21-8-4-7-20(26)16(21)2/h4,7-12,17,29H,3,5-6,13-15H2,1-2H3. The van der Waals surface area contributed by atoms with E-state index in [1.54, 1.807) is 37.3 Å². The molecule has 6 nitrogen and oxygen atoms in total. The van der Waals surface area contributed by atoms with Crippen molar-refractivity contribution in [1.29, 1.82) is 0 Å². The van der Waals surface area contributed by atoms with Gasteiger partial charge in [-0.25, -0.2) is 4.90 Å². The summed E-state index contributed by atoms with van der Waals surface area (Å²) in [7, 11) is 0. The lowest BCUT2D eigenvalue weighted by molar-refractivity contribution is -0.120. The molecule has 0 aliphatic carbocycles. The Morgan fingerprint density at radius 3 is 2.56 bits per heavy atom. The molecule has 1 saturated heterocycles. The molecule has 1 atom stereocenters. The summed E-state index contributed by atoms with van der Waals surface area (Å²) in [5.74, 6) is 0.0483. The van der Waals surface area contributed by atoms with Gasteiger partial charge >= 0.3 is 0 Å². The van der Waals surface area contributed by atoms with Gasteiger partial charge in [0.05, 0.1) is 17.9 Å². The second kappa shape index (κ2) is 9.35. The number of piperidine rings is 1. The smallest absolute Gasteiger partial charge is 0.282 e. The zero-order valence-electron chi connectivity index (χ0n) is 18.3. The normalized spacial score (nSPS) is 19.2. The van der Waals surface area contributed by atoms with Crippen molar-refractivity contribution in [3.63, 3.8) is 0 Å². The van der Waals surface area contributed by atoms with Crippen molar-refractivity contribution in [2.75, 3.05) is 31.2 Å². The molecule has 2 aromatic rings. The van der Waals surface area contributed by atoms with Crippen molar-refractivity contribution in [2.24, 2.45) is 5.92 Å². The maximum absolute atomic E-state index is 13.7. The van der Waals surface area contributed by atoms with Crippen LogP contribution in [0.4, 0.5) is 5.69 Å². The number of aliphatic hydroxyl groups is 1. The van der Waals surface area contributed by atoms with Crippen LogP contribution in [0, 0.1) is 12.8 Å². The summed E-state index contributed by atoms with van der Waals surface area (Å²) >= 11 is 6.30. The molecule has 2 aromatic carbocycles. The van der Waals surface area contributed by atoms with E-state index in [9.17, 15) is 14.7 Å².